The molecule has 1 fully saturated rings. The molecular formula is C20H18FNO. The van der Waals surface area contributed by atoms with E-state index in [-0.39, 0.29) is 17.3 Å². The molecule has 4 rings (SSSR count). The van der Waals surface area contributed by atoms with E-state index in [9.17, 15) is 9.18 Å². The summed E-state index contributed by atoms with van der Waals surface area (Å²) < 4.78 is 13.3. The summed E-state index contributed by atoms with van der Waals surface area (Å²) >= 11 is 0. The summed E-state index contributed by atoms with van der Waals surface area (Å²) in [5.74, 6) is -0.0643. The van der Waals surface area contributed by atoms with Crippen molar-refractivity contribution in [1.29, 1.82) is 0 Å². The van der Waals surface area contributed by atoms with Crippen LogP contribution in [0.2, 0.25) is 0 Å². The predicted octanol–water partition coefficient (Wildman–Crippen LogP) is 4.46. The van der Waals surface area contributed by atoms with Crippen LogP contribution in [0, 0.1) is 12.7 Å². The van der Waals surface area contributed by atoms with E-state index >= 15 is 0 Å². The third-order valence-corrected chi connectivity index (χ3v) is 4.90. The fourth-order valence-electron chi connectivity index (χ4n) is 3.73. The Morgan fingerprint density at radius 1 is 1.13 bits per heavy atom. The molecule has 116 valence electrons. The van der Waals surface area contributed by atoms with Gasteiger partial charge in [-0.25, -0.2) is 4.39 Å². The number of aryl methyl sites for hydroxylation is 1. The zero-order valence-electron chi connectivity index (χ0n) is 13.3. The van der Waals surface area contributed by atoms with Crippen LogP contribution in [0.25, 0.3) is 5.57 Å². The van der Waals surface area contributed by atoms with Gasteiger partial charge in [0.2, 0.25) is 5.91 Å². The first kappa shape index (κ1) is 14.2. The standard InChI is InChI=1S/C20H18FNO/c1-13-3-8-18-16(11-13)17(14-4-6-15(21)7-5-14)12-20(2)10-9-19(23)22(18)20/h3-8,11-12H,9-10H2,1-2H3. The Hall–Kier alpha value is -2.42. The number of fused-ring (bicyclic) bond motifs is 3. The maximum atomic E-state index is 13.3. The van der Waals surface area contributed by atoms with Crippen molar-refractivity contribution in [3.05, 3.63) is 71.0 Å². The summed E-state index contributed by atoms with van der Waals surface area (Å²) in [6.07, 6.45) is 3.55. The van der Waals surface area contributed by atoms with Gasteiger partial charge in [-0.05, 0) is 55.7 Å². The molecule has 1 saturated heterocycles. The lowest BCUT2D eigenvalue weighted by Crippen LogP contribution is -2.44. The molecule has 0 bridgehead atoms. The number of halogens is 1. The van der Waals surface area contributed by atoms with Crippen LogP contribution in [0.3, 0.4) is 0 Å². The number of benzene rings is 2. The van der Waals surface area contributed by atoms with Gasteiger partial charge in [0.05, 0.1) is 11.2 Å². The van der Waals surface area contributed by atoms with Gasteiger partial charge in [0.25, 0.3) is 0 Å². The van der Waals surface area contributed by atoms with E-state index in [0.717, 1.165) is 34.4 Å². The smallest absolute Gasteiger partial charge is 0.227 e. The Morgan fingerprint density at radius 3 is 2.61 bits per heavy atom. The van der Waals surface area contributed by atoms with Crippen molar-refractivity contribution in [2.45, 2.75) is 32.2 Å². The maximum absolute atomic E-state index is 13.3. The van der Waals surface area contributed by atoms with Crippen LogP contribution >= 0.6 is 0 Å². The van der Waals surface area contributed by atoms with Gasteiger partial charge in [-0.2, -0.15) is 0 Å². The molecule has 1 amide bonds. The van der Waals surface area contributed by atoms with Crippen molar-refractivity contribution in [2.24, 2.45) is 0 Å². The second-order valence-electron chi connectivity index (χ2n) is 6.67. The lowest BCUT2D eigenvalue weighted by molar-refractivity contribution is -0.117. The maximum Gasteiger partial charge on any atom is 0.227 e. The molecule has 23 heavy (non-hydrogen) atoms. The van der Waals surface area contributed by atoms with Crippen LogP contribution in [-0.4, -0.2) is 11.4 Å². The van der Waals surface area contributed by atoms with E-state index in [2.05, 4.69) is 19.1 Å². The molecule has 0 spiro atoms. The highest BCUT2D eigenvalue weighted by Crippen LogP contribution is 2.47. The van der Waals surface area contributed by atoms with E-state index in [1.165, 1.54) is 12.1 Å². The summed E-state index contributed by atoms with van der Waals surface area (Å²) in [5.41, 5.74) is 4.91. The van der Waals surface area contributed by atoms with Gasteiger partial charge in [0.15, 0.2) is 0 Å². The molecule has 2 aromatic rings. The van der Waals surface area contributed by atoms with E-state index in [4.69, 9.17) is 0 Å². The number of rotatable bonds is 1. The van der Waals surface area contributed by atoms with Gasteiger partial charge >= 0.3 is 0 Å². The van der Waals surface area contributed by atoms with Gasteiger partial charge in [-0.1, -0.05) is 29.8 Å². The second-order valence-corrected chi connectivity index (χ2v) is 6.67. The molecule has 1 atom stereocenters. The minimum absolute atomic E-state index is 0.173. The minimum atomic E-state index is -0.303. The fraction of sp³-hybridized carbons (Fsp3) is 0.250. The molecule has 0 radical (unpaired) electrons. The van der Waals surface area contributed by atoms with E-state index in [0.29, 0.717) is 6.42 Å². The van der Waals surface area contributed by atoms with E-state index in [1.807, 2.05) is 36.1 Å². The summed E-state index contributed by atoms with van der Waals surface area (Å²) in [5, 5.41) is 0. The highest BCUT2D eigenvalue weighted by molar-refractivity contribution is 6.04. The van der Waals surface area contributed by atoms with Crippen LogP contribution in [0.4, 0.5) is 10.1 Å². The number of hydrogen-bond acceptors (Lipinski definition) is 1. The highest BCUT2D eigenvalue weighted by Gasteiger charge is 2.44. The Morgan fingerprint density at radius 2 is 1.87 bits per heavy atom. The summed E-state index contributed by atoms with van der Waals surface area (Å²) in [7, 11) is 0. The first-order valence-corrected chi connectivity index (χ1v) is 7.91. The van der Waals surface area contributed by atoms with Crippen molar-refractivity contribution in [1.82, 2.24) is 0 Å². The normalized spacial score (nSPS) is 22.7. The zero-order valence-corrected chi connectivity index (χ0v) is 13.3. The molecule has 0 N–H and O–H groups in total. The SMILES string of the molecule is Cc1ccc2c(c1)C(c1ccc(F)cc1)=CC1(C)CCC(=O)N21. The summed E-state index contributed by atoms with van der Waals surface area (Å²) in [4.78, 5) is 14.3. The monoisotopic (exact) mass is 307 g/mol. The highest BCUT2D eigenvalue weighted by atomic mass is 19.1. The third kappa shape index (κ3) is 2.11. The predicted molar refractivity (Wildman–Crippen MR) is 89.8 cm³/mol. The Balaban J connectivity index is 1.97. The lowest BCUT2D eigenvalue weighted by Gasteiger charge is -2.39. The van der Waals surface area contributed by atoms with Gasteiger partial charge in [-0.3, -0.25) is 4.79 Å². The molecule has 3 heteroatoms. The molecule has 0 aliphatic carbocycles. The zero-order chi connectivity index (χ0) is 16.2. The average Bonchev–Trinajstić information content (AvgIpc) is 2.83. The number of amides is 1. The van der Waals surface area contributed by atoms with Gasteiger partial charge in [-0.15, -0.1) is 0 Å². The number of nitrogens with zero attached hydrogens (tertiary/aromatic N) is 1. The summed E-state index contributed by atoms with van der Waals surface area (Å²) in [6, 6.07) is 12.8. The molecule has 2 aliphatic heterocycles. The van der Waals surface area contributed by atoms with Gasteiger partial charge in [0, 0.05) is 12.0 Å². The molecule has 0 saturated carbocycles. The molecule has 2 heterocycles. The Labute approximate surface area is 135 Å². The number of hydrogen-bond donors (Lipinski definition) is 0. The van der Waals surface area contributed by atoms with Crippen molar-refractivity contribution >= 4 is 17.2 Å². The molecular weight excluding hydrogens is 289 g/mol. The van der Waals surface area contributed by atoms with E-state index < -0.39 is 0 Å². The van der Waals surface area contributed by atoms with Crippen LogP contribution in [-0.2, 0) is 4.79 Å². The first-order valence-electron chi connectivity index (χ1n) is 7.91. The minimum Gasteiger partial charge on any atom is -0.302 e. The first-order chi connectivity index (χ1) is 11.0. The van der Waals surface area contributed by atoms with Crippen molar-refractivity contribution in [3.63, 3.8) is 0 Å². The number of carbonyl (C=O) groups excluding carboxylic acids is 1. The lowest BCUT2D eigenvalue weighted by atomic mass is 9.84. The topological polar surface area (TPSA) is 20.3 Å². The molecule has 0 aromatic heterocycles. The van der Waals surface area contributed by atoms with Crippen molar-refractivity contribution in [2.75, 3.05) is 4.90 Å². The number of carbonyl (C=O) groups is 1. The quantitative estimate of drug-likeness (QED) is 0.761. The third-order valence-electron chi connectivity index (χ3n) is 4.90. The Bertz CT molecular complexity index is 837. The van der Waals surface area contributed by atoms with Crippen LogP contribution in [0.15, 0.2) is 48.5 Å². The van der Waals surface area contributed by atoms with Crippen LogP contribution in [0.5, 0.6) is 0 Å². The fourth-order valence-corrected chi connectivity index (χ4v) is 3.73. The molecule has 2 aliphatic rings. The second kappa shape index (κ2) is 4.79. The average molecular weight is 307 g/mol. The Kier molecular flexibility index (Phi) is 2.95. The van der Waals surface area contributed by atoms with Crippen molar-refractivity contribution < 1.29 is 9.18 Å². The largest absolute Gasteiger partial charge is 0.302 e. The molecule has 1 unspecified atom stereocenters. The van der Waals surface area contributed by atoms with Crippen LogP contribution < -0.4 is 4.90 Å². The van der Waals surface area contributed by atoms with Crippen LogP contribution in [0.1, 0.15) is 36.5 Å². The number of anilines is 1. The van der Waals surface area contributed by atoms with E-state index in [1.54, 1.807) is 0 Å². The summed E-state index contributed by atoms with van der Waals surface area (Å²) in [6.45, 7) is 4.15. The van der Waals surface area contributed by atoms with Crippen molar-refractivity contribution in [3.8, 4) is 0 Å². The molecule has 2 nitrogen and oxygen atoms in total. The van der Waals surface area contributed by atoms with Gasteiger partial charge < -0.3 is 4.90 Å². The molecule has 2 aromatic carbocycles. The van der Waals surface area contributed by atoms with Gasteiger partial charge in [0.1, 0.15) is 5.82 Å².